The van der Waals surface area contributed by atoms with Gasteiger partial charge in [-0.1, -0.05) is 0 Å². The van der Waals surface area contributed by atoms with Gasteiger partial charge in [-0.3, -0.25) is 4.68 Å². The zero-order valence-electron chi connectivity index (χ0n) is 8.36. The van der Waals surface area contributed by atoms with Gasteiger partial charge < -0.3 is 15.4 Å². The highest BCUT2D eigenvalue weighted by molar-refractivity contribution is 5.38. The molecule has 2 rings (SSSR count). The third kappa shape index (κ3) is 2.46. The van der Waals surface area contributed by atoms with E-state index < -0.39 is 0 Å². The van der Waals surface area contributed by atoms with Crippen molar-refractivity contribution in [3.63, 3.8) is 0 Å². The summed E-state index contributed by atoms with van der Waals surface area (Å²) < 4.78 is 7.33. The zero-order chi connectivity index (χ0) is 9.80. The van der Waals surface area contributed by atoms with Crippen molar-refractivity contribution in [2.45, 2.75) is 6.10 Å². The highest BCUT2D eigenvalue weighted by Crippen LogP contribution is 2.04. The van der Waals surface area contributed by atoms with E-state index in [1.165, 1.54) is 0 Å². The van der Waals surface area contributed by atoms with Crippen LogP contribution in [0.25, 0.3) is 0 Å². The van der Waals surface area contributed by atoms with E-state index in [1.54, 1.807) is 4.68 Å². The van der Waals surface area contributed by atoms with Crippen LogP contribution in [0.15, 0.2) is 12.4 Å². The molecule has 2 heterocycles. The van der Waals surface area contributed by atoms with E-state index >= 15 is 0 Å². The molecule has 1 fully saturated rings. The smallest absolute Gasteiger partial charge is 0.0872 e. The van der Waals surface area contributed by atoms with Gasteiger partial charge in [0, 0.05) is 32.9 Å². The summed E-state index contributed by atoms with van der Waals surface area (Å²) in [7, 11) is 1.91. The Kier molecular flexibility index (Phi) is 3.00. The Morgan fingerprint density at radius 2 is 2.71 bits per heavy atom. The quantitative estimate of drug-likeness (QED) is 0.704. The van der Waals surface area contributed by atoms with E-state index in [0.717, 1.165) is 31.9 Å². The Bertz CT molecular complexity index is 280. The van der Waals surface area contributed by atoms with Crippen LogP contribution in [-0.4, -0.2) is 42.1 Å². The second-order valence-corrected chi connectivity index (χ2v) is 3.48. The normalized spacial score (nSPS) is 22.2. The monoisotopic (exact) mass is 196 g/mol. The number of nitrogens with one attached hydrogen (secondary N) is 2. The summed E-state index contributed by atoms with van der Waals surface area (Å²) in [6.45, 7) is 3.52. The summed E-state index contributed by atoms with van der Waals surface area (Å²) in [6.07, 6.45) is 4.04. The maximum atomic E-state index is 5.55. The van der Waals surface area contributed by atoms with E-state index in [4.69, 9.17) is 4.74 Å². The van der Waals surface area contributed by atoms with Gasteiger partial charge in [0.1, 0.15) is 0 Å². The van der Waals surface area contributed by atoms with Crippen LogP contribution in [0.1, 0.15) is 0 Å². The van der Waals surface area contributed by atoms with Gasteiger partial charge in [0.2, 0.25) is 0 Å². The molecule has 78 valence electrons. The minimum atomic E-state index is 0.268. The number of nitrogens with zero attached hydrogens (tertiary/aromatic N) is 2. The summed E-state index contributed by atoms with van der Waals surface area (Å²) in [6, 6.07) is 0. The minimum Gasteiger partial charge on any atom is -0.380 e. The van der Waals surface area contributed by atoms with Gasteiger partial charge in [0.25, 0.3) is 0 Å². The third-order valence-corrected chi connectivity index (χ3v) is 2.24. The molecule has 0 saturated carbocycles. The fourth-order valence-corrected chi connectivity index (χ4v) is 1.50. The summed E-state index contributed by atoms with van der Waals surface area (Å²) in [5, 5.41) is 10.7. The molecule has 0 bridgehead atoms. The molecule has 1 atom stereocenters. The summed E-state index contributed by atoms with van der Waals surface area (Å²) >= 11 is 0. The molecule has 5 nitrogen and oxygen atoms in total. The largest absolute Gasteiger partial charge is 0.380 e. The molecule has 1 aliphatic rings. The van der Waals surface area contributed by atoms with Crippen LogP contribution >= 0.6 is 0 Å². The molecular formula is C9H16N4O. The first-order chi connectivity index (χ1) is 6.84. The van der Waals surface area contributed by atoms with Crippen molar-refractivity contribution in [3.05, 3.63) is 12.4 Å². The SMILES string of the molecule is Cn1cc(NCC2CNCCO2)cn1. The van der Waals surface area contributed by atoms with Crippen LogP contribution in [0.5, 0.6) is 0 Å². The van der Waals surface area contributed by atoms with Gasteiger partial charge in [-0.25, -0.2) is 0 Å². The second kappa shape index (κ2) is 4.43. The van der Waals surface area contributed by atoms with Crippen LogP contribution < -0.4 is 10.6 Å². The molecule has 0 amide bonds. The van der Waals surface area contributed by atoms with Gasteiger partial charge in [0.05, 0.1) is 24.6 Å². The van der Waals surface area contributed by atoms with Crippen LogP contribution in [0, 0.1) is 0 Å². The van der Waals surface area contributed by atoms with Gasteiger partial charge in [-0.15, -0.1) is 0 Å². The number of morpholine rings is 1. The first-order valence-electron chi connectivity index (χ1n) is 4.89. The van der Waals surface area contributed by atoms with Crippen molar-refractivity contribution in [3.8, 4) is 0 Å². The van der Waals surface area contributed by atoms with Crippen molar-refractivity contribution in [1.82, 2.24) is 15.1 Å². The Morgan fingerprint density at radius 3 is 3.36 bits per heavy atom. The van der Waals surface area contributed by atoms with Crippen LogP contribution in [0.4, 0.5) is 5.69 Å². The summed E-state index contributed by atoms with van der Waals surface area (Å²) in [4.78, 5) is 0. The highest BCUT2D eigenvalue weighted by atomic mass is 16.5. The number of anilines is 1. The molecule has 1 saturated heterocycles. The average Bonchev–Trinajstić information content (AvgIpc) is 2.63. The predicted molar refractivity (Wildman–Crippen MR) is 54.3 cm³/mol. The molecule has 1 aliphatic heterocycles. The van der Waals surface area contributed by atoms with Crippen LogP contribution in [-0.2, 0) is 11.8 Å². The van der Waals surface area contributed by atoms with Gasteiger partial charge >= 0.3 is 0 Å². The van der Waals surface area contributed by atoms with E-state index in [1.807, 2.05) is 19.4 Å². The lowest BCUT2D eigenvalue weighted by molar-refractivity contribution is 0.0372. The molecule has 1 aromatic heterocycles. The Hall–Kier alpha value is -1.07. The summed E-state index contributed by atoms with van der Waals surface area (Å²) in [5.74, 6) is 0. The first kappa shape index (κ1) is 9.48. The number of rotatable bonds is 3. The van der Waals surface area contributed by atoms with Crippen molar-refractivity contribution < 1.29 is 4.74 Å². The Balaban J connectivity index is 1.76. The molecule has 5 heteroatoms. The average molecular weight is 196 g/mol. The molecule has 1 unspecified atom stereocenters. The number of aryl methyl sites for hydroxylation is 1. The van der Waals surface area contributed by atoms with Crippen molar-refractivity contribution in [2.24, 2.45) is 7.05 Å². The first-order valence-corrected chi connectivity index (χ1v) is 4.89. The van der Waals surface area contributed by atoms with Gasteiger partial charge in [-0.2, -0.15) is 5.10 Å². The predicted octanol–water partition coefficient (Wildman–Crippen LogP) is -0.180. The fraction of sp³-hybridized carbons (Fsp3) is 0.667. The second-order valence-electron chi connectivity index (χ2n) is 3.48. The molecule has 0 radical (unpaired) electrons. The molecule has 0 aliphatic carbocycles. The number of hydrogen-bond acceptors (Lipinski definition) is 4. The highest BCUT2D eigenvalue weighted by Gasteiger charge is 2.12. The van der Waals surface area contributed by atoms with E-state index in [9.17, 15) is 0 Å². The minimum absolute atomic E-state index is 0.268. The number of aromatic nitrogens is 2. The van der Waals surface area contributed by atoms with Crippen LogP contribution in [0.2, 0.25) is 0 Å². The van der Waals surface area contributed by atoms with E-state index in [0.29, 0.717) is 0 Å². The Morgan fingerprint density at radius 1 is 1.79 bits per heavy atom. The molecule has 2 N–H and O–H groups in total. The zero-order valence-corrected chi connectivity index (χ0v) is 8.36. The van der Waals surface area contributed by atoms with Crippen molar-refractivity contribution in [2.75, 3.05) is 31.6 Å². The molecule has 14 heavy (non-hydrogen) atoms. The maximum absolute atomic E-state index is 5.55. The Labute approximate surface area is 83.4 Å². The number of ether oxygens (including phenoxy) is 1. The summed E-state index contributed by atoms with van der Waals surface area (Å²) in [5.41, 5.74) is 1.04. The lowest BCUT2D eigenvalue weighted by atomic mass is 10.3. The molecule has 0 spiro atoms. The van der Waals surface area contributed by atoms with E-state index in [-0.39, 0.29) is 6.10 Å². The molecule has 1 aromatic rings. The van der Waals surface area contributed by atoms with Crippen molar-refractivity contribution in [1.29, 1.82) is 0 Å². The molecule has 0 aromatic carbocycles. The van der Waals surface area contributed by atoms with Crippen LogP contribution in [0.3, 0.4) is 0 Å². The lowest BCUT2D eigenvalue weighted by Crippen LogP contribution is -2.42. The van der Waals surface area contributed by atoms with E-state index in [2.05, 4.69) is 15.7 Å². The third-order valence-electron chi connectivity index (χ3n) is 2.24. The van der Waals surface area contributed by atoms with Gasteiger partial charge in [0.15, 0.2) is 0 Å². The lowest BCUT2D eigenvalue weighted by Gasteiger charge is -2.23. The van der Waals surface area contributed by atoms with Gasteiger partial charge in [-0.05, 0) is 0 Å². The molecular weight excluding hydrogens is 180 g/mol. The fourth-order valence-electron chi connectivity index (χ4n) is 1.50. The van der Waals surface area contributed by atoms with Crippen molar-refractivity contribution >= 4 is 5.69 Å². The number of hydrogen-bond donors (Lipinski definition) is 2. The topological polar surface area (TPSA) is 51.1 Å². The maximum Gasteiger partial charge on any atom is 0.0872 e. The standard InChI is InChI=1S/C9H16N4O/c1-13-7-8(4-12-13)11-6-9-5-10-2-3-14-9/h4,7,9-11H,2-3,5-6H2,1H3.